The van der Waals surface area contributed by atoms with Gasteiger partial charge in [-0.1, -0.05) is 45.7 Å². The van der Waals surface area contributed by atoms with Gasteiger partial charge in [0.2, 0.25) is 0 Å². The van der Waals surface area contributed by atoms with Crippen molar-refractivity contribution in [3.63, 3.8) is 0 Å². The van der Waals surface area contributed by atoms with Crippen molar-refractivity contribution in [3.8, 4) is 0 Å². The van der Waals surface area contributed by atoms with Crippen LogP contribution in [0.15, 0.2) is 46.9 Å². The number of nitrogens with zero attached hydrogens (tertiary/aromatic N) is 1. The maximum atomic E-state index is 14.0. The largest absolute Gasteiger partial charge is 0.338 e. The van der Waals surface area contributed by atoms with Crippen LogP contribution in [0.4, 0.5) is 4.39 Å². The third-order valence-electron chi connectivity index (χ3n) is 4.04. The summed E-state index contributed by atoms with van der Waals surface area (Å²) in [6.45, 7) is 1.23. The zero-order valence-electron chi connectivity index (χ0n) is 12.8. The van der Waals surface area contributed by atoms with Crippen LogP contribution in [0.25, 0.3) is 0 Å². The fourth-order valence-corrected chi connectivity index (χ4v) is 4.60. The van der Waals surface area contributed by atoms with Crippen molar-refractivity contribution in [1.29, 1.82) is 0 Å². The summed E-state index contributed by atoms with van der Waals surface area (Å²) in [5, 5.41) is 0.521. The number of thioether (sulfide) groups is 1. The molecular weight excluding hydrogens is 413 g/mol. The van der Waals surface area contributed by atoms with Crippen molar-refractivity contribution in [3.05, 3.63) is 68.9 Å². The fraction of sp³-hybridized carbons (Fsp3) is 0.278. The lowest BCUT2D eigenvalue weighted by molar-refractivity contribution is 0.0766. The molecule has 0 aromatic heterocycles. The Kier molecular flexibility index (Phi) is 5.85. The van der Waals surface area contributed by atoms with Crippen LogP contribution in [-0.4, -0.2) is 29.6 Å². The SMILES string of the molecule is O=C(c1cc(Br)ccc1Cl)N1CCS[C@@H](c2ccccc2F)CC1. The van der Waals surface area contributed by atoms with Gasteiger partial charge in [-0.25, -0.2) is 4.39 Å². The van der Waals surface area contributed by atoms with Gasteiger partial charge >= 0.3 is 0 Å². The molecule has 2 aromatic carbocycles. The first kappa shape index (κ1) is 17.8. The minimum absolute atomic E-state index is 0.0713. The van der Waals surface area contributed by atoms with Gasteiger partial charge in [0.05, 0.1) is 10.6 Å². The summed E-state index contributed by atoms with van der Waals surface area (Å²) in [6, 6.07) is 12.1. The Morgan fingerprint density at radius 3 is 2.83 bits per heavy atom. The standard InChI is InChI=1S/C18H16BrClFNOS/c19-12-5-6-15(20)14(11-12)18(23)22-8-7-17(24-10-9-22)13-3-1-2-4-16(13)21/h1-6,11,17H,7-10H2/t17-/m1/s1. The molecule has 24 heavy (non-hydrogen) atoms. The highest BCUT2D eigenvalue weighted by Gasteiger charge is 2.25. The first-order chi connectivity index (χ1) is 11.6. The molecule has 0 unspecified atom stereocenters. The van der Waals surface area contributed by atoms with Gasteiger partial charge in [0.15, 0.2) is 0 Å². The maximum absolute atomic E-state index is 14.0. The third-order valence-corrected chi connectivity index (χ3v) is 6.17. The quantitative estimate of drug-likeness (QED) is 0.624. The number of hydrogen-bond donors (Lipinski definition) is 0. The van der Waals surface area contributed by atoms with Gasteiger partial charge in [-0.15, -0.1) is 0 Å². The normalized spacial score (nSPS) is 18.3. The monoisotopic (exact) mass is 427 g/mol. The molecule has 0 N–H and O–H groups in total. The van der Waals surface area contributed by atoms with Crippen LogP contribution in [-0.2, 0) is 0 Å². The average molecular weight is 429 g/mol. The average Bonchev–Trinajstić information content (AvgIpc) is 2.83. The minimum atomic E-state index is -0.176. The predicted molar refractivity (Wildman–Crippen MR) is 101 cm³/mol. The summed E-state index contributed by atoms with van der Waals surface area (Å²) in [7, 11) is 0. The van der Waals surface area contributed by atoms with E-state index in [-0.39, 0.29) is 17.0 Å². The number of hydrogen-bond acceptors (Lipinski definition) is 2. The Balaban J connectivity index is 1.75. The van der Waals surface area contributed by atoms with Crippen LogP contribution in [0.2, 0.25) is 5.02 Å². The zero-order valence-corrected chi connectivity index (χ0v) is 16.0. The lowest BCUT2D eigenvalue weighted by atomic mass is 10.1. The van der Waals surface area contributed by atoms with Crippen molar-refractivity contribution >= 4 is 45.2 Å². The van der Waals surface area contributed by atoms with E-state index in [9.17, 15) is 9.18 Å². The van der Waals surface area contributed by atoms with Crippen LogP contribution >= 0.6 is 39.3 Å². The van der Waals surface area contributed by atoms with E-state index in [2.05, 4.69) is 15.9 Å². The van der Waals surface area contributed by atoms with Gasteiger partial charge < -0.3 is 4.90 Å². The van der Waals surface area contributed by atoms with Crippen molar-refractivity contribution in [2.75, 3.05) is 18.8 Å². The predicted octanol–water partition coefficient (Wildman–Crippen LogP) is 5.56. The third kappa shape index (κ3) is 3.95. The molecule has 1 aliphatic heterocycles. The Morgan fingerprint density at radius 1 is 1.25 bits per heavy atom. The summed E-state index contributed by atoms with van der Waals surface area (Å²) in [5.74, 6) is 0.525. The number of halogens is 3. The molecule has 0 spiro atoms. The molecule has 0 aliphatic carbocycles. The van der Waals surface area contributed by atoms with E-state index in [4.69, 9.17) is 11.6 Å². The van der Waals surface area contributed by atoms with Crippen LogP contribution in [0.1, 0.15) is 27.6 Å². The molecule has 1 saturated heterocycles. The highest BCUT2D eigenvalue weighted by atomic mass is 79.9. The first-order valence-corrected chi connectivity index (χ1v) is 9.88. The molecular formula is C18H16BrClFNOS. The van der Waals surface area contributed by atoms with E-state index in [0.29, 0.717) is 23.7 Å². The number of benzene rings is 2. The van der Waals surface area contributed by atoms with E-state index in [0.717, 1.165) is 22.2 Å². The Bertz CT molecular complexity index is 758. The first-order valence-electron chi connectivity index (χ1n) is 7.66. The molecule has 1 fully saturated rings. The highest BCUT2D eigenvalue weighted by molar-refractivity contribution is 9.10. The molecule has 0 bridgehead atoms. The molecule has 0 radical (unpaired) electrons. The zero-order chi connectivity index (χ0) is 17.1. The van der Waals surface area contributed by atoms with E-state index in [1.165, 1.54) is 6.07 Å². The van der Waals surface area contributed by atoms with Gasteiger partial charge in [0.1, 0.15) is 5.82 Å². The Labute approximate surface area is 158 Å². The van der Waals surface area contributed by atoms with E-state index < -0.39 is 0 Å². The van der Waals surface area contributed by atoms with Gasteiger partial charge in [0, 0.05) is 34.1 Å². The van der Waals surface area contributed by atoms with Crippen LogP contribution in [0.5, 0.6) is 0 Å². The van der Waals surface area contributed by atoms with Crippen LogP contribution in [0, 0.1) is 5.82 Å². The topological polar surface area (TPSA) is 20.3 Å². The number of carbonyl (C=O) groups is 1. The number of carbonyl (C=O) groups excluding carboxylic acids is 1. The molecule has 126 valence electrons. The summed E-state index contributed by atoms with van der Waals surface area (Å²) in [6.07, 6.45) is 0.725. The minimum Gasteiger partial charge on any atom is -0.338 e. The van der Waals surface area contributed by atoms with E-state index >= 15 is 0 Å². The lowest BCUT2D eigenvalue weighted by Crippen LogP contribution is -2.33. The number of amides is 1. The molecule has 6 heteroatoms. The van der Waals surface area contributed by atoms with Gasteiger partial charge in [-0.3, -0.25) is 4.79 Å². The molecule has 1 aliphatic rings. The summed E-state index contributed by atoms with van der Waals surface area (Å²) in [4.78, 5) is 14.6. The van der Waals surface area contributed by atoms with Gasteiger partial charge in [-0.05, 0) is 30.7 Å². The molecule has 2 aromatic rings. The Morgan fingerprint density at radius 2 is 2.04 bits per heavy atom. The molecule has 1 heterocycles. The smallest absolute Gasteiger partial charge is 0.255 e. The van der Waals surface area contributed by atoms with Crippen molar-refractivity contribution < 1.29 is 9.18 Å². The lowest BCUT2D eigenvalue weighted by Gasteiger charge is -2.21. The second kappa shape index (κ2) is 7.89. The summed E-state index contributed by atoms with van der Waals surface area (Å²) >= 11 is 11.2. The second-order valence-electron chi connectivity index (χ2n) is 5.59. The van der Waals surface area contributed by atoms with E-state index in [1.807, 2.05) is 23.1 Å². The van der Waals surface area contributed by atoms with Gasteiger partial charge in [0.25, 0.3) is 5.91 Å². The molecule has 3 rings (SSSR count). The Hall–Kier alpha value is -1.04. The van der Waals surface area contributed by atoms with Crippen molar-refractivity contribution in [2.45, 2.75) is 11.7 Å². The second-order valence-corrected chi connectivity index (χ2v) is 8.22. The number of rotatable bonds is 2. The summed E-state index contributed by atoms with van der Waals surface area (Å²) < 4.78 is 14.8. The summed E-state index contributed by atoms with van der Waals surface area (Å²) in [5.41, 5.74) is 1.22. The van der Waals surface area contributed by atoms with Crippen molar-refractivity contribution in [1.82, 2.24) is 4.90 Å². The highest BCUT2D eigenvalue weighted by Crippen LogP contribution is 2.36. The fourth-order valence-electron chi connectivity index (χ4n) is 2.79. The maximum Gasteiger partial charge on any atom is 0.255 e. The molecule has 2 nitrogen and oxygen atoms in total. The van der Waals surface area contributed by atoms with Crippen LogP contribution < -0.4 is 0 Å². The molecule has 0 saturated carbocycles. The molecule has 1 atom stereocenters. The van der Waals surface area contributed by atoms with E-state index in [1.54, 1.807) is 30.0 Å². The molecule has 1 amide bonds. The van der Waals surface area contributed by atoms with Gasteiger partial charge in [-0.2, -0.15) is 11.8 Å². The van der Waals surface area contributed by atoms with Crippen molar-refractivity contribution in [2.24, 2.45) is 0 Å². The van der Waals surface area contributed by atoms with Crippen LogP contribution in [0.3, 0.4) is 0 Å².